The van der Waals surface area contributed by atoms with Gasteiger partial charge in [-0.15, -0.1) is 0 Å². The van der Waals surface area contributed by atoms with Crippen LogP contribution in [0.15, 0.2) is 89.4 Å². The second kappa shape index (κ2) is 11.0. The van der Waals surface area contributed by atoms with Gasteiger partial charge in [0.15, 0.2) is 5.78 Å². The average molecular weight is 644 g/mol. The highest BCUT2D eigenvalue weighted by molar-refractivity contribution is 9.10. The number of ketones is 1. The van der Waals surface area contributed by atoms with Crippen LogP contribution >= 0.6 is 15.9 Å². The molecule has 0 aromatic heterocycles. The van der Waals surface area contributed by atoms with E-state index in [9.17, 15) is 34.1 Å². The van der Waals surface area contributed by atoms with Crippen LogP contribution in [0.1, 0.15) is 37.5 Å². The molecule has 2 fully saturated rings. The number of nitro benzene ring substituents is 1. The maximum Gasteiger partial charge on any atom is 0.343 e. The van der Waals surface area contributed by atoms with Crippen LogP contribution in [0, 0.1) is 33.8 Å². The number of allylic oxidation sites excluding steroid dienone is 2. The lowest BCUT2D eigenvalue weighted by molar-refractivity contribution is -0.384. The number of nitrogens with zero attached hydrogens (tertiary/aromatic N) is 3. The Morgan fingerprint density at radius 3 is 1.93 bits per heavy atom. The quantitative estimate of drug-likeness (QED) is 0.0657. The lowest BCUT2D eigenvalue weighted by Crippen LogP contribution is -2.52. The Kier molecular flexibility index (Phi) is 7.22. The van der Waals surface area contributed by atoms with Gasteiger partial charge in [0.25, 0.3) is 23.4 Å². The van der Waals surface area contributed by atoms with Gasteiger partial charge in [0.2, 0.25) is 0 Å². The van der Waals surface area contributed by atoms with E-state index < -0.39 is 52.8 Å². The van der Waals surface area contributed by atoms with Gasteiger partial charge < -0.3 is 4.74 Å². The van der Waals surface area contributed by atoms with E-state index >= 15 is 0 Å². The van der Waals surface area contributed by atoms with Crippen LogP contribution in [0.3, 0.4) is 0 Å². The van der Waals surface area contributed by atoms with E-state index in [0.717, 1.165) is 26.6 Å². The van der Waals surface area contributed by atoms with Gasteiger partial charge in [-0.1, -0.05) is 28.1 Å². The molecule has 1 heterocycles. The molecule has 1 aliphatic heterocycles. The first kappa shape index (κ1) is 28.2. The van der Waals surface area contributed by atoms with Crippen LogP contribution in [0.2, 0.25) is 0 Å². The Hall–Kier alpha value is -4.97. The second-order valence-electron chi connectivity index (χ2n) is 10.5. The van der Waals surface area contributed by atoms with E-state index in [1.807, 2.05) is 12.2 Å². The maximum absolute atomic E-state index is 13.7. The number of non-ortho nitro benzene ring substituents is 1. The van der Waals surface area contributed by atoms with Crippen LogP contribution in [0.4, 0.5) is 5.69 Å². The molecule has 216 valence electrons. The number of hydrogen-bond acceptors (Lipinski definition) is 8. The van der Waals surface area contributed by atoms with E-state index in [0.29, 0.717) is 12.0 Å². The molecule has 1 saturated carbocycles. The molecule has 3 aromatic carbocycles. The maximum atomic E-state index is 13.7. The van der Waals surface area contributed by atoms with E-state index in [4.69, 9.17) is 4.74 Å². The van der Waals surface area contributed by atoms with Crippen molar-refractivity contribution in [2.45, 2.75) is 6.42 Å². The second-order valence-corrected chi connectivity index (χ2v) is 11.4. The topological polar surface area (TPSA) is 144 Å². The summed E-state index contributed by atoms with van der Waals surface area (Å²) in [6.45, 7) is -0.645. The molecule has 3 amide bonds. The summed E-state index contributed by atoms with van der Waals surface area (Å²) in [4.78, 5) is 77.1. The highest BCUT2D eigenvalue weighted by Crippen LogP contribution is 2.52. The highest BCUT2D eigenvalue weighted by atomic mass is 79.9. The lowest BCUT2D eigenvalue weighted by Gasteiger charge is -2.30. The largest absolute Gasteiger partial charge is 0.423 e. The molecule has 0 N–H and O–H groups in total. The molecule has 3 aliphatic rings. The molecule has 3 aromatic rings. The minimum Gasteiger partial charge on any atom is -0.423 e. The zero-order valence-corrected chi connectivity index (χ0v) is 23.9. The van der Waals surface area contributed by atoms with Gasteiger partial charge in [-0.3, -0.25) is 29.3 Å². The normalized spacial score (nSPS) is 21.6. The lowest BCUT2D eigenvalue weighted by atomic mass is 9.85. The smallest absolute Gasteiger partial charge is 0.343 e. The molecule has 6 rings (SSSR count). The highest BCUT2D eigenvalue weighted by Gasteiger charge is 2.61. The van der Waals surface area contributed by atoms with Gasteiger partial charge in [0, 0.05) is 27.7 Å². The van der Waals surface area contributed by atoms with Crippen LogP contribution in [-0.4, -0.2) is 51.0 Å². The van der Waals surface area contributed by atoms with Crippen LogP contribution in [-0.2, 0) is 9.59 Å². The van der Waals surface area contributed by atoms with Crippen molar-refractivity contribution in [3.05, 3.63) is 116 Å². The molecule has 1 saturated heterocycles. The number of benzene rings is 3. The number of hydrazine groups is 1. The number of nitro groups is 1. The number of hydrogen-bond donors (Lipinski definition) is 0. The number of imide groups is 1. The summed E-state index contributed by atoms with van der Waals surface area (Å²) in [5.74, 6) is -4.36. The molecule has 2 bridgehead atoms. The number of fused-ring (bicyclic) bond motifs is 5. The van der Waals surface area contributed by atoms with E-state index in [1.165, 1.54) is 36.4 Å². The Labute approximate surface area is 253 Å². The molecule has 11 nitrogen and oxygen atoms in total. The number of ether oxygens (including phenoxy) is 1. The number of halogens is 1. The number of amides is 3. The van der Waals surface area contributed by atoms with E-state index in [1.54, 1.807) is 24.3 Å². The summed E-state index contributed by atoms with van der Waals surface area (Å²) in [7, 11) is 0. The third kappa shape index (κ3) is 5.14. The zero-order valence-electron chi connectivity index (χ0n) is 22.3. The van der Waals surface area contributed by atoms with Crippen molar-refractivity contribution in [1.29, 1.82) is 0 Å². The Morgan fingerprint density at radius 2 is 1.37 bits per heavy atom. The third-order valence-corrected chi connectivity index (χ3v) is 8.54. The van der Waals surface area contributed by atoms with Crippen molar-refractivity contribution in [2.75, 3.05) is 6.54 Å². The summed E-state index contributed by atoms with van der Waals surface area (Å²) in [6.07, 6.45) is 4.52. The van der Waals surface area contributed by atoms with Gasteiger partial charge in [-0.05, 0) is 78.9 Å². The fourth-order valence-corrected chi connectivity index (χ4v) is 6.19. The summed E-state index contributed by atoms with van der Waals surface area (Å²) < 4.78 is 6.18. The van der Waals surface area contributed by atoms with Crippen molar-refractivity contribution < 1.29 is 33.6 Å². The summed E-state index contributed by atoms with van der Waals surface area (Å²) in [5, 5.41) is 12.7. The zero-order chi connectivity index (χ0) is 30.4. The van der Waals surface area contributed by atoms with Crippen LogP contribution in [0.25, 0.3) is 0 Å². The van der Waals surface area contributed by atoms with E-state index in [-0.39, 0.29) is 34.4 Å². The molecule has 12 heteroatoms. The summed E-state index contributed by atoms with van der Waals surface area (Å²) in [5.41, 5.74) is 0.195. The van der Waals surface area contributed by atoms with Crippen molar-refractivity contribution in [3.63, 3.8) is 0 Å². The first-order valence-electron chi connectivity index (χ1n) is 13.4. The molecule has 2 aliphatic carbocycles. The van der Waals surface area contributed by atoms with Gasteiger partial charge in [-0.2, -0.15) is 5.01 Å². The Bertz CT molecular complexity index is 1670. The van der Waals surface area contributed by atoms with Gasteiger partial charge >= 0.3 is 5.97 Å². The van der Waals surface area contributed by atoms with Crippen LogP contribution < -0.4 is 4.74 Å². The number of carbonyl (C=O) groups excluding carboxylic acids is 5. The molecule has 0 spiro atoms. The summed E-state index contributed by atoms with van der Waals surface area (Å²) >= 11 is 3.30. The fraction of sp³-hybridized carbons (Fsp3) is 0.194. The fourth-order valence-electron chi connectivity index (χ4n) is 5.92. The standard InChI is InChI=1S/C31H22BrN3O8/c32-22-9-3-19(4-10-22)31(40)43-24-13-7-17(8-14-24)25(36)16-33(28(37)18-5-11-23(12-6-18)35(41)42)34-29(38)26-20-1-2-21(15-20)27(26)30(34)39/h1-14,20-21,26-27H,15-16H2/t20-,21-,26-,27+/m0/s1. The third-order valence-electron chi connectivity index (χ3n) is 8.01. The van der Waals surface area contributed by atoms with Crippen LogP contribution in [0.5, 0.6) is 5.75 Å². The molecular formula is C31H22BrN3O8. The molecular weight excluding hydrogens is 622 g/mol. The number of rotatable bonds is 8. The van der Waals surface area contributed by atoms with Crippen molar-refractivity contribution >= 4 is 51.1 Å². The van der Waals surface area contributed by atoms with Crippen molar-refractivity contribution in [2.24, 2.45) is 23.7 Å². The minimum atomic E-state index is -0.828. The van der Waals surface area contributed by atoms with Gasteiger partial charge in [-0.25, -0.2) is 9.80 Å². The van der Waals surface area contributed by atoms with Gasteiger partial charge in [0.05, 0.1) is 22.3 Å². The molecule has 0 radical (unpaired) electrons. The predicted octanol–water partition coefficient (Wildman–Crippen LogP) is 4.62. The first-order valence-corrected chi connectivity index (χ1v) is 14.1. The number of Topliss-reactive ketones (excluding diaryl/α,β-unsaturated/α-hetero) is 1. The van der Waals surface area contributed by atoms with Crippen molar-refractivity contribution in [3.8, 4) is 5.75 Å². The number of carbonyl (C=O) groups is 5. The minimum absolute atomic E-state index is 0.0349. The van der Waals surface area contributed by atoms with Gasteiger partial charge in [0.1, 0.15) is 12.3 Å². The monoisotopic (exact) mass is 643 g/mol. The summed E-state index contributed by atoms with van der Waals surface area (Å²) in [6, 6.07) is 16.9. The first-order chi connectivity index (χ1) is 20.6. The average Bonchev–Trinajstić information content (AvgIpc) is 3.70. The molecule has 0 unspecified atom stereocenters. The predicted molar refractivity (Wildman–Crippen MR) is 154 cm³/mol. The van der Waals surface area contributed by atoms with Crippen molar-refractivity contribution in [1.82, 2.24) is 10.0 Å². The van der Waals surface area contributed by atoms with E-state index in [2.05, 4.69) is 15.9 Å². The molecule has 43 heavy (non-hydrogen) atoms. The Morgan fingerprint density at radius 1 is 0.837 bits per heavy atom. The SMILES string of the molecule is O=C(CN(C(=O)c1ccc([N+](=O)[O-])cc1)N1C(=O)[C@@H]2[C@H](C1=O)[C@H]1C=C[C@H]2C1)c1ccc(OC(=O)c2ccc(Br)cc2)cc1. The number of esters is 1. The Balaban J connectivity index is 1.24. The molecule has 4 atom stereocenters.